The molecule has 620 valence electrons. The van der Waals surface area contributed by atoms with Crippen LogP contribution in [0.15, 0.2) is 0 Å². The second kappa shape index (κ2) is 68.0. The van der Waals surface area contributed by atoms with Gasteiger partial charge in [-0.2, -0.15) is 0 Å². The van der Waals surface area contributed by atoms with Crippen LogP contribution < -0.4 is 10.6 Å². The number of ether oxygens (including phenoxy) is 6. The molecule has 0 radical (unpaired) electrons. The predicted molar refractivity (Wildman–Crippen MR) is 418 cm³/mol. The highest BCUT2D eigenvalue weighted by Crippen LogP contribution is 2.43. The summed E-state index contributed by atoms with van der Waals surface area (Å²) >= 11 is 0. The van der Waals surface area contributed by atoms with Gasteiger partial charge in [-0.1, -0.05) is 324 Å². The summed E-state index contributed by atoms with van der Waals surface area (Å²) in [6, 6.07) is -2.78. The van der Waals surface area contributed by atoms with E-state index in [9.17, 15) is 58.8 Å². The van der Waals surface area contributed by atoms with E-state index in [2.05, 4.69) is 45.3 Å². The van der Waals surface area contributed by atoms with Gasteiger partial charge in [-0.25, -0.2) is 4.57 Å². The van der Waals surface area contributed by atoms with Crippen LogP contribution in [0.4, 0.5) is 0 Å². The third kappa shape index (κ3) is 55.3. The van der Waals surface area contributed by atoms with E-state index < -0.39 is 130 Å². The molecule has 0 aromatic carbocycles. The molecular formula is C83H159N2O19P. The smallest absolute Gasteiger partial charge is 0.462 e. The third-order valence-electron chi connectivity index (χ3n) is 20.7. The number of aliphatic hydroxyl groups excluding tert-OH is 4. The van der Waals surface area contributed by atoms with Gasteiger partial charge in [-0.05, 0) is 51.9 Å². The van der Waals surface area contributed by atoms with Gasteiger partial charge in [0, 0.05) is 20.0 Å². The fraction of sp³-hybridized carbons (Fsp3) is 0.940. The fourth-order valence-corrected chi connectivity index (χ4v) is 14.7. The first kappa shape index (κ1) is 100. The number of aliphatic hydroxyl groups is 4. The van der Waals surface area contributed by atoms with Crippen molar-refractivity contribution in [2.24, 2.45) is 0 Å². The summed E-state index contributed by atoms with van der Waals surface area (Å²) in [5.41, 5.74) is 0. The third-order valence-corrected chi connectivity index (χ3v) is 21.3. The van der Waals surface area contributed by atoms with Crippen LogP contribution in [0.1, 0.15) is 408 Å². The van der Waals surface area contributed by atoms with Crippen molar-refractivity contribution < 1.29 is 91.7 Å². The Morgan fingerprint density at radius 3 is 1.15 bits per heavy atom. The van der Waals surface area contributed by atoms with E-state index in [4.69, 9.17) is 32.9 Å². The van der Waals surface area contributed by atoms with E-state index in [1.165, 1.54) is 149 Å². The van der Waals surface area contributed by atoms with Gasteiger partial charge in [0.15, 0.2) is 12.4 Å². The van der Waals surface area contributed by atoms with Crippen molar-refractivity contribution in [1.82, 2.24) is 10.6 Å². The second-order valence-electron chi connectivity index (χ2n) is 30.7. The summed E-state index contributed by atoms with van der Waals surface area (Å²) in [5.74, 6) is -3.20. The zero-order valence-corrected chi connectivity index (χ0v) is 68.5. The zero-order valence-electron chi connectivity index (χ0n) is 67.6. The van der Waals surface area contributed by atoms with Crippen molar-refractivity contribution in [1.29, 1.82) is 0 Å². The highest BCUT2D eigenvalue weighted by Gasteiger charge is 2.53. The van der Waals surface area contributed by atoms with E-state index >= 15 is 0 Å². The van der Waals surface area contributed by atoms with Crippen LogP contribution in [0, 0.1) is 0 Å². The molecule has 9 unspecified atom stereocenters. The van der Waals surface area contributed by atoms with E-state index in [0.717, 1.165) is 154 Å². The normalized spacial score (nSPS) is 18.2. The van der Waals surface area contributed by atoms with Gasteiger partial charge in [-0.15, -0.1) is 0 Å². The van der Waals surface area contributed by atoms with Gasteiger partial charge < -0.3 is 69.3 Å². The van der Waals surface area contributed by atoms with Crippen LogP contribution in [0.3, 0.4) is 0 Å². The van der Waals surface area contributed by atoms with Crippen LogP contribution in [0.2, 0.25) is 0 Å². The van der Waals surface area contributed by atoms with Gasteiger partial charge >= 0.3 is 25.7 Å². The van der Waals surface area contributed by atoms with Crippen LogP contribution in [-0.4, -0.2) is 154 Å². The summed E-state index contributed by atoms with van der Waals surface area (Å²) in [6.45, 7) is 10.9. The molecule has 12 atom stereocenters. The highest BCUT2D eigenvalue weighted by atomic mass is 31.2. The minimum atomic E-state index is -5.53. The number of phosphoric acid groups is 1. The highest BCUT2D eigenvalue weighted by molar-refractivity contribution is 7.46. The Hall–Kier alpha value is -2.82. The maximum atomic E-state index is 14.9. The Morgan fingerprint density at radius 2 is 0.790 bits per heavy atom. The number of esters is 3. The van der Waals surface area contributed by atoms with Gasteiger partial charge in [0.05, 0.1) is 44.6 Å². The number of amides is 2. The lowest BCUT2D eigenvalue weighted by Crippen LogP contribution is -2.66. The molecule has 1 fully saturated rings. The van der Waals surface area contributed by atoms with E-state index in [-0.39, 0.29) is 25.7 Å². The van der Waals surface area contributed by atoms with Crippen LogP contribution >= 0.6 is 7.82 Å². The molecule has 1 heterocycles. The number of carbonyl (C=O) groups is 5. The van der Waals surface area contributed by atoms with Crippen molar-refractivity contribution in [3.8, 4) is 0 Å². The Balaban J connectivity index is 3.70. The summed E-state index contributed by atoms with van der Waals surface area (Å²) in [5, 5.41) is 50.4. The van der Waals surface area contributed by atoms with Crippen molar-refractivity contribution >= 4 is 37.5 Å². The van der Waals surface area contributed by atoms with Crippen LogP contribution in [0.25, 0.3) is 0 Å². The molecule has 0 aliphatic carbocycles. The Morgan fingerprint density at radius 1 is 0.438 bits per heavy atom. The summed E-state index contributed by atoms with van der Waals surface area (Å²) in [4.78, 5) is 91.1. The van der Waals surface area contributed by atoms with Crippen molar-refractivity contribution in [3.05, 3.63) is 0 Å². The number of unbranched alkanes of at least 4 members (excludes halogenated alkanes) is 44. The summed E-state index contributed by atoms with van der Waals surface area (Å²) in [6.07, 6.45) is 38.1. The first-order chi connectivity index (χ1) is 50.8. The number of hydrogen-bond donors (Lipinski definition) is 8. The topological polar surface area (TPSA) is 312 Å². The fourth-order valence-electron chi connectivity index (χ4n) is 14.2. The molecule has 0 bridgehead atoms. The lowest BCUT2D eigenvalue weighted by molar-refractivity contribution is -0.278. The minimum absolute atomic E-state index is 0.143. The molecule has 21 nitrogen and oxygen atoms in total. The molecule has 1 rings (SSSR count). The molecule has 0 saturated carbocycles. The first-order valence-corrected chi connectivity index (χ1v) is 44.7. The SMILES string of the molecule is CCCCCCCCCCCCCC(=O)O[C@H](CCCCCCCCCCC)CC(=O)NC1C(OCC(OC)C(O)C(O)C(C)NC(=O)C[C@H](O)CCCCCCCCCCC)OC(CO)C(OP(=O)(O)O)C1OC(=O)C[C@@H](CCCCCCCCCCC)OC(=O)CCCCCCCCCCCCC. The minimum Gasteiger partial charge on any atom is -0.462 e. The molecule has 0 aromatic heterocycles. The lowest BCUT2D eigenvalue weighted by atomic mass is 9.95. The quantitative estimate of drug-likeness (QED) is 0.0121. The van der Waals surface area contributed by atoms with E-state index in [1.54, 1.807) is 0 Å². The number of rotatable bonds is 75. The lowest BCUT2D eigenvalue weighted by Gasteiger charge is -2.45. The molecule has 1 saturated heterocycles. The van der Waals surface area contributed by atoms with Crippen molar-refractivity contribution in [2.45, 2.75) is 481 Å². The van der Waals surface area contributed by atoms with Gasteiger partial charge in [0.1, 0.15) is 48.8 Å². The number of nitrogens with one attached hydrogen (secondary N) is 2. The monoisotopic (exact) mass is 1520 g/mol. The molecule has 1 aliphatic rings. The largest absolute Gasteiger partial charge is 0.470 e. The number of hydrogen-bond acceptors (Lipinski definition) is 17. The average molecular weight is 1520 g/mol. The van der Waals surface area contributed by atoms with Crippen molar-refractivity contribution in [2.75, 3.05) is 20.3 Å². The van der Waals surface area contributed by atoms with E-state index in [0.29, 0.717) is 44.9 Å². The van der Waals surface area contributed by atoms with Crippen LogP contribution in [0.5, 0.6) is 0 Å². The van der Waals surface area contributed by atoms with Crippen LogP contribution in [-0.2, 0) is 61.5 Å². The first-order valence-electron chi connectivity index (χ1n) is 43.1. The molecule has 0 spiro atoms. The Labute approximate surface area is 638 Å². The molecule has 0 aromatic rings. The number of phosphoric ester groups is 1. The molecule has 22 heteroatoms. The average Bonchev–Trinajstić information content (AvgIpc) is 0.779. The van der Waals surface area contributed by atoms with E-state index in [1.807, 2.05) is 0 Å². The van der Waals surface area contributed by atoms with Crippen molar-refractivity contribution in [3.63, 3.8) is 0 Å². The maximum absolute atomic E-state index is 14.9. The molecule has 8 N–H and O–H groups in total. The summed E-state index contributed by atoms with van der Waals surface area (Å²) < 4.78 is 54.9. The number of carbonyl (C=O) groups excluding carboxylic acids is 5. The molecule has 105 heavy (non-hydrogen) atoms. The molecule has 2 amide bonds. The Kier molecular flexibility index (Phi) is 64.9. The van der Waals surface area contributed by atoms with Gasteiger partial charge in [-0.3, -0.25) is 28.5 Å². The van der Waals surface area contributed by atoms with Gasteiger partial charge in [0.25, 0.3) is 0 Å². The Bertz CT molecular complexity index is 2130. The maximum Gasteiger partial charge on any atom is 0.470 e. The van der Waals surface area contributed by atoms with Gasteiger partial charge in [0.2, 0.25) is 11.8 Å². The number of methoxy groups -OCH3 is 1. The molecular weight excluding hydrogens is 1360 g/mol. The zero-order chi connectivity index (χ0) is 77.4. The molecule has 1 aliphatic heterocycles. The predicted octanol–water partition coefficient (Wildman–Crippen LogP) is 18.4. The standard InChI is InChI=1S/C83H159N2O19P/c1-8-13-18-23-28-33-35-40-45-50-55-60-75(90)100-69(58-53-48-43-38-31-26-21-16-11-4)63-74(89)85-78-82(103-77(92)64-70(59-54-49-44-39-32-27-22-17-12-5)101-76(91)61-56-51-46-41-36-34-29-24-19-14-9-2)81(104-105(95,96)97)71(65-86)102-83(78)99-66-72(98-7)80(94)79(93)67(6)84-73(88)62-68(87)57-52-47-42-37-30-25-20-15-10-3/h67-72,78-83,86-87,93-94H,8-66H2,1-7H3,(H,84,88)(H,85,89)(H2,95,96,97)/t67?,68-,69-,70-,71?,72?,78?,79?,80?,81?,82?,83?/m1/s1. The second-order valence-corrected chi connectivity index (χ2v) is 31.9. The summed E-state index contributed by atoms with van der Waals surface area (Å²) in [7, 11) is -4.29.